The Bertz CT molecular complexity index is 1070. The molecule has 4 rings (SSSR count). The summed E-state index contributed by atoms with van der Waals surface area (Å²) in [6.07, 6.45) is 3.29. The highest BCUT2D eigenvalue weighted by Crippen LogP contribution is 2.22. The molecular weight excluding hydrogens is 354 g/mol. The van der Waals surface area contributed by atoms with Crippen LogP contribution in [0.1, 0.15) is 15.9 Å². The van der Waals surface area contributed by atoms with Gasteiger partial charge >= 0.3 is 0 Å². The Morgan fingerprint density at radius 1 is 0.852 bits per heavy atom. The van der Waals surface area contributed by atoms with E-state index in [1.54, 1.807) is 24.2 Å². The van der Waals surface area contributed by atoms with Crippen LogP contribution in [-0.2, 0) is 5.75 Å². The highest BCUT2D eigenvalue weighted by Gasteiger charge is 2.07. The minimum atomic E-state index is -0.138. The van der Waals surface area contributed by atoms with Crippen LogP contribution in [0.25, 0.3) is 11.0 Å². The molecule has 0 aliphatic heterocycles. The van der Waals surface area contributed by atoms with Crippen LogP contribution >= 0.6 is 11.8 Å². The van der Waals surface area contributed by atoms with Gasteiger partial charge in [-0.1, -0.05) is 30.3 Å². The van der Waals surface area contributed by atoms with E-state index in [1.165, 1.54) is 10.5 Å². The fourth-order valence-corrected chi connectivity index (χ4v) is 3.56. The Hall–Kier alpha value is -3.18. The molecule has 1 heterocycles. The minimum absolute atomic E-state index is 0.138. The van der Waals surface area contributed by atoms with Gasteiger partial charge in [-0.3, -0.25) is 14.8 Å². The lowest BCUT2D eigenvalue weighted by Gasteiger charge is -2.07. The molecule has 27 heavy (non-hydrogen) atoms. The number of hydrogen-bond acceptors (Lipinski definition) is 4. The third-order valence-corrected chi connectivity index (χ3v) is 5.18. The maximum Gasteiger partial charge on any atom is 0.255 e. The molecule has 0 radical (unpaired) electrons. The zero-order valence-electron chi connectivity index (χ0n) is 14.5. The van der Waals surface area contributed by atoms with E-state index in [9.17, 15) is 4.79 Å². The van der Waals surface area contributed by atoms with Crippen molar-refractivity contribution in [2.45, 2.75) is 10.6 Å². The summed E-state index contributed by atoms with van der Waals surface area (Å²) in [5.41, 5.74) is 4.07. The van der Waals surface area contributed by atoms with Crippen molar-refractivity contribution in [2.75, 3.05) is 5.32 Å². The number of hydrogen-bond donors (Lipinski definition) is 1. The molecule has 0 atom stereocenters. The number of benzene rings is 3. The van der Waals surface area contributed by atoms with Crippen molar-refractivity contribution in [3.05, 3.63) is 96.3 Å². The number of nitrogens with zero attached hydrogens (tertiary/aromatic N) is 2. The zero-order valence-corrected chi connectivity index (χ0v) is 15.3. The number of anilines is 1. The van der Waals surface area contributed by atoms with E-state index in [-0.39, 0.29) is 5.91 Å². The molecule has 0 saturated heterocycles. The summed E-state index contributed by atoms with van der Waals surface area (Å²) in [7, 11) is 0. The second kappa shape index (κ2) is 8.01. The van der Waals surface area contributed by atoms with Crippen LogP contribution in [0.2, 0.25) is 0 Å². The van der Waals surface area contributed by atoms with E-state index in [0.717, 1.165) is 16.8 Å². The monoisotopic (exact) mass is 371 g/mol. The number of thioether (sulfide) groups is 1. The van der Waals surface area contributed by atoms with Gasteiger partial charge in [0.05, 0.1) is 11.0 Å². The molecule has 4 nitrogen and oxygen atoms in total. The molecule has 0 fully saturated rings. The van der Waals surface area contributed by atoms with Crippen LogP contribution in [0.3, 0.4) is 0 Å². The van der Waals surface area contributed by atoms with Gasteiger partial charge in [-0.25, -0.2) is 0 Å². The standard InChI is InChI=1S/C22H17N3OS/c26-22(25-18-10-11-20-21(14-18)24-13-12-23-20)17-8-6-16(7-9-17)15-27-19-4-2-1-3-5-19/h1-14H,15H2,(H,25,26). The maximum atomic E-state index is 12.5. The number of amides is 1. The van der Waals surface area contributed by atoms with Crippen molar-refractivity contribution in [2.24, 2.45) is 0 Å². The highest BCUT2D eigenvalue weighted by atomic mass is 32.2. The molecule has 0 aliphatic carbocycles. The summed E-state index contributed by atoms with van der Waals surface area (Å²) >= 11 is 1.78. The predicted molar refractivity (Wildman–Crippen MR) is 110 cm³/mol. The first kappa shape index (κ1) is 17.2. The average Bonchev–Trinajstić information content (AvgIpc) is 2.73. The smallest absolute Gasteiger partial charge is 0.255 e. The number of nitrogens with one attached hydrogen (secondary N) is 1. The summed E-state index contributed by atoms with van der Waals surface area (Å²) in [4.78, 5) is 22.2. The number of rotatable bonds is 5. The van der Waals surface area contributed by atoms with Crippen molar-refractivity contribution in [3.63, 3.8) is 0 Å². The van der Waals surface area contributed by atoms with Gasteiger partial charge < -0.3 is 5.32 Å². The molecule has 0 spiro atoms. The molecule has 0 saturated carbocycles. The molecule has 0 bridgehead atoms. The Kier molecular flexibility index (Phi) is 5.12. The van der Waals surface area contributed by atoms with Crippen molar-refractivity contribution in [1.29, 1.82) is 0 Å². The van der Waals surface area contributed by atoms with Crippen molar-refractivity contribution in [3.8, 4) is 0 Å². The summed E-state index contributed by atoms with van der Waals surface area (Å²) < 4.78 is 0. The van der Waals surface area contributed by atoms with Crippen LogP contribution in [0.15, 0.2) is 90.1 Å². The lowest BCUT2D eigenvalue weighted by molar-refractivity contribution is 0.102. The Morgan fingerprint density at radius 3 is 2.37 bits per heavy atom. The molecule has 3 aromatic carbocycles. The molecule has 5 heteroatoms. The molecule has 1 aromatic heterocycles. The van der Waals surface area contributed by atoms with Gasteiger partial charge in [0.25, 0.3) is 5.91 Å². The topological polar surface area (TPSA) is 54.9 Å². The minimum Gasteiger partial charge on any atom is -0.322 e. The summed E-state index contributed by atoms with van der Waals surface area (Å²) in [6, 6.07) is 23.5. The summed E-state index contributed by atoms with van der Waals surface area (Å²) in [6.45, 7) is 0. The SMILES string of the molecule is O=C(Nc1ccc2nccnc2c1)c1ccc(CSc2ccccc2)cc1. The first-order valence-electron chi connectivity index (χ1n) is 8.57. The van der Waals surface area contributed by atoms with Crippen LogP contribution < -0.4 is 5.32 Å². The fraction of sp³-hybridized carbons (Fsp3) is 0.0455. The number of carbonyl (C=O) groups is 1. The molecule has 0 aliphatic rings. The van der Waals surface area contributed by atoms with Gasteiger partial charge in [0, 0.05) is 34.3 Å². The van der Waals surface area contributed by atoms with E-state index < -0.39 is 0 Å². The van der Waals surface area contributed by atoms with Gasteiger partial charge in [0.15, 0.2) is 0 Å². The van der Waals surface area contributed by atoms with Gasteiger partial charge in [0.2, 0.25) is 0 Å². The quantitative estimate of drug-likeness (QED) is 0.492. The number of aromatic nitrogens is 2. The second-order valence-electron chi connectivity index (χ2n) is 6.01. The highest BCUT2D eigenvalue weighted by molar-refractivity contribution is 7.98. The van der Waals surface area contributed by atoms with E-state index in [2.05, 4.69) is 27.4 Å². The average molecular weight is 371 g/mol. The zero-order chi connectivity index (χ0) is 18.5. The number of fused-ring (bicyclic) bond motifs is 1. The van der Waals surface area contributed by atoms with E-state index in [1.807, 2.05) is 60.7 Å². The molecule has 0 unspecified atom stereocenters. The van der Waals surface area contributed by atoms with Crippen molar-refractivity contribution in [1.82, 2.24) is 9.97 Å². The largest absolute Gasteiger partial charge is 0.322 e. The summed E-state index contributed by atoms with van der Waals surface area (Å²) in [5.74, 6) is 0.732. The number of carbonyl (C=O) groups excluding carboxylic acids is 1. The van der Waals surface area contributed by atoms with Crippen LogP contribution in [0, 0.1) is 0 Å². The third-order valence-electron chi connectivity index (χ3n) is 4.09. The third kappa shape index (κ3) is 4.33. The fourth-order valence-electron chi connectivity index (χ4n) is 2.68. The first-order chi connectivity index (χ1) is 13.3. The van der Waals surface area contributed by atoms with Crippen LogP contribution in [0.5, 0.6) is 0 Å². The van der Waals surface area contributed by atoms with E-state index in [4.69, 9.17) is 0 Å². The lowest BCUT2D eigenvalue weighted by atomic mass is 10.1. The van der Waals surface area contributed by atoms with Gasteiger partial charge in [-0.15, -0.1) is 11.8 Å². The molecule has 1 amide bonds. The van der Waals surface area contributed by atoms with Crippen LogP contribution in [0.4, 0.5) is 5.69 Å². The van der Waals surface area contributed by atoms with Gasteiger partial charge in [-0.2, -0.15) is 0 Å². The predicted octanol–water partition coefficient (Wildman–Crippen LogP) is 5.17. The van der Waals surface area contributed by atoms with Gasteiger partial charge in [0.1, 0.15) is 0 Å². The molecule has 4 aromatic rings. The molecule has 132 valence electrons. The first-order valence-corrected chi connectivity index (χ1v) is 9.55. The summed E-state index contributed by atoms with van der Waals surface area (Å²) in [5, 5.41) is 2.92. The van der Waals surface area contributed by atoms with E-state index >= 15 is 0 Å². The molecule has 1 N–H and O–H groups in total. The Morgan fingerprint density at radius 2 is 1.59 bits per heavy atom. The second-order valence-corrected chi connectivity index (χ2v) is 7.06. The molecular formula is C22H17N3OS. The Balaban J connectivity index is 1.41. The Labute approximate surface area is 161 Å². The van der Waals surface area contributed by atoms with Gasteiger partial charge in [-0.05, 0) is 48.0 Å². The maximum absolute atomic E-state index is 12.5. The van der Waals surface area contributed by atoms with Crippen molar-refractivity contribution >= 4 is 34.4 Å². The van der Waals surface area contributed by atoms with Crippen molar-refractivity contribution < 1.29 is 4.79 Å². The lowest BCUT2D eigenvalue weighted by Crippen LogP contribution is -2.11. The van der Waals surface area contributed by atoms with E-state index in [0.29, 0.717) is 11.3 Å². The normalized spacial score (nSPS) is 10.7. The van der Waals surface area contributed by atoms with Crippen LogP contribution in [-0.4, -0.2) is 15.9 Å².